The van der Waals surface area contributed by atoms with Crippen molar-refractivity contribution < 1.29 is 14.8 Å². The van der Waals surface area contributed by atoms with Crippen LogP contribution in [-0.2, 0) is 4.79 Å². The average molecular weight is 323 g/mol. The number of benzene rings is 2. The molecular weight excluding hydrogens is 310 g/mol. The van der Waals surface area contributed by atoms with E-state index in [0.717, 1.165) is 17.7 Å². The zero-order valence-electron chi connectivity index (χ0n) is 12.7. The molecular formula is C17H13N3O4. The lowest BCUT2D eigenvalue weighted by Gasteiger charge is -2.05. The number of anilines is 1. The first-order chi connectivity index (χ1) is 11.4. The van der Waals surface area contributed by atoms with Crippen molar-refractivity contribution in [3.8, 4) is 11.8 Å². The minimum absolute atomic E-state index is 0.212. The number of rotatable bonds is 4. The molecule has 120 valence electrons. The number of carbonyl (C=O) groups is 1. The number of nitrogens with one attached hydrogen (secondary N) is 1. The molecule has 0 saturated carbocycles. The van der Waals surface area contributed by atoms with E-state index in [-0.39, 0.29) is 11.1 Å². The van der Waals surface area contributed by atoms with Gasteiger partial charge in [0.1, 0.15) is 11.6 Å². The summed E-state index contributed by atoms with van der Waals surface area (Å²) in [5, 5.41) is 32.0. The standard InChI is InChI=1S/C17H13N3O4/c1-11-3-2-4-14(7-11)19-17(22)13(10-18)8-12-5-6-16(21)15(9-12)20(23)24/h2-9,21H,1H3,(H,19,22). The minimum atomic E-state index is -0.745. The Morgan fingerprint density at radius 2 is 2.08 bits per heavy atom. The number of aromatic hydroxyl groups is 1. The predicted octanol–water partition coefficient (Wildman–Crippen LogP) is 3.15. The summed E-state index contributed by atoms with van der Waals surface area (Å²) in [5.74, 6) is -1.11. The van der Waals surface area contributed by atoms with Crippen molar-refractivity contribution in [3.05, 3.63) is 69.3 Å². The van der Waals surface area contributed by atoms with E-state index in [1.165, 1.54) is 12.1 Å². The summed E-state index contributed by atoms with van der Waals surface area (Å²) >= 11 is 0. The van der Waals surface area contributed by atoms with Crippen LogP contribution >= 0.6 is 0 Å². The van der Waals surface area contributed by atoms with Gasteiger partial charge in [-0.2, -0.15) is 5.26 Å². The Morgan fingerprint density at radius 1 is 1.33 bits per heavy atom. The molecule has 2 aromatic carbocycles. The fourth-order valence-electron chi connectivity index (χ4n) is 2.01. The maximum Gasteiger partial charge on any atom is 0.311 e. The van der Waals surface area contributed by atoms with Gasteiger partial charge in [-0.25, -0.2) is 0 Å². The molecule has 0 aliphatic carbocycles. The summed E-state index contributed by atoms with van der Waals surface area (Å²) in [6.07, 6.45) is 1.22. The largest absolute Gasteiger partial charge is 0.502 e. The number of phenolic OH excluding ortho intramolecular Hbond substituents is 1. The number of carbonyl (C=O) groups excluding carboxylic acids is 1. The molecule has 1 amide bonds. The molecule has 0 heterocycles. The van der Waals surface area contributed by atoms with E-state index in [2.05, 4.69) is 5.32 Å². The highest BCUT2D eigenvalue weighted by molar-refractivity contribution is 6.09. The van der Waals surface area contributed by atoms with E-state index in [1.807, 2.05) is 13.0 Å². The van der Waals surface area contributed by atoms with E-state index in [4.69, 9.17) is 5.26 Å². The molecule has 2 aromatic rings. The quantitative estimate of drug-likeness (QED) is 0.388. The summed E-state index contributed by atoms with van der Waals surface area (Å²) in [6, 6.07) is 12.4. The van der Waals surface area contributed by atoms with E-state index in [1.54, 1.807) is 24.3 Å². The maximum absolute atomic E-state index is 12.2. The van der Waals surface area contributed by atoms with Crippen LogP contribution in [-0.4, -0.2) is 15.9 Å². The van der Waals surface area contributed by atoms with Gasteiger partial charge in [0, 0.05) is 11.8 Å². The second-order valence-corrected chi connectivity index (χ2v) is 5.00. The topological polar surface area (TPSA) is 116 Å². The third-order valence-electron chi connectivity index (χ3n) is 3.15. The highest BCUT2D eigenvalue weighted by atomic mass is 16.6. The minimum Gasteiger partial charge on any atom is -0.502 e. The van der Waals surface area contributed by atoms with Gasteiger partial charge in [0.2, 0.25) is 0 Å². The van der Waals surface area contributed by atoms with E-state index < -0.39 is 22.3 Å². The predicted molar refractivity (Wildman–Crippen MR) is 88.2 cm³/mol. The molecule has 0 radical (unpaired) electrons. The first kappa shape index (κ1) is 16.7. The Bertz CT molecular complexity index is 882. The fourth-order valence-corrected chi connectivity index (χ4v) is 2.01. The molecule has 2 rings (SSSR count). The highest BCUT2D eigenvalue weighted by Crippen LogP contribution is 2.27. The van der Waals surface area contributed by atoms with Gasteiger partial charge in [0.05, 0.1) is 4.92 Å². The molecule has 2 N–H and O–H groups in total. The molecule has 0 saturated heterocycles. The van der Waals surface area contributed by atoms with Gasteiger partial charge in [0.15, 0.2) is 5.75 Å². The number of amides is 1. The van der Waals surface area contributed by atoms with Crippen LogP contribution in [0.3, 0.4) is 0 Å². The van der Waals surface area contributed by atoms with Crippen molar-refractivity contribution in [1.29, 1.82) is 5.26 Å². The normalized spacial score (nSPS) is 10.8. The molecule has 24 heavy (non-hydrogen) atoms. The zero-order chi connectivity index (χ0) is 17.7. The van der Waals surface area contributed by atoms with Crippen LogP contribution in [0.4, 0.5) is 11.4 Å². The van der Waals surface area contributed by atoms with Crippen molar-refractivity contribution in [3.63, 3.8) is 0 Å². The van der Waals surface area contributed by atoms with Gasteiger partial charge in [0.25, 0.3) is 5.91 Å². The van der Waals surface area contributed by atoms with Gasteiger partial charge in [-0.1, -0.05) is 18.2 Å². The van der Waals surface area contributed by atoms with Crippen LogP contribution in [0.5, 0.6) is 5.75 Å². The molecule has 7 heteroatoms. The summed E-state index contributed by atoms with van der Waals surface area (Å²) in [6.45, 7) is 1.87. The Kier molecular flexibility index (Phi) is 4.92. The molecule has 0 bridgehead atoms. The van der Waals surface area contributed by atoms with Crippen LogP contribution in [0.25, 0.3) is 6.08 Å². The van der Waals surface area contributed by atoms with Gasteiger partial charge >= 0.3 is 5.69 Å². The number of nitro groups is 1. The lowest BCUT2D eigenvalue weighted by atomic mass is 10.1. The molecule has 0 fully saturated rings. The Morgan fingerprint density at radius 3 is 2.71 bits per heavy atom. The number of hydrogen-bond acceptors (Lipinski definition) is 5. The second kappa shape index (κ2) is 7.07. The van der Waals surface area contributed by atoms with Gasteiger partial charge < -0.3 is 10.4 Å². The highest BCUT2D eigenvalue weighted by Gasteiger charge is 2.15. The van der Waals surface area contributed by atoms with E-state index >= 15 is 0 Å². The zero-order valence-corrected chi connectivity index (χ0v) is 12.7. The van der Waals surface area contributed by atoms with Crippen molar-refractivity contribution in [2.24, 2.45) is 0 Å². The van der Waals surface area contributed by atoms with Crippen molar-refractivity contribution in [2.75, 3.05) is 5.32 Å². The number of hydrogen-bond donors (Lipinski definition) is 2. The van der Waals surface area contributed by atoms with Crippen LogP contribution in [0.15, 0.2) is 48.0 Å². The maximum atomic E-state index is 12.2. The third kappa shape index (κ3) is 3.96. The second-order valence-electron chi connectivity index (χ2n) is 5.00. The SMILES string of the molecule is Cc1cccc(NC(=O)C(C#N)=Cc2ccc(O)c([N+](=O)[O-])c2)c1. The number of phenols is 1. The van der Waals surface area contributed by atoms with Crippen molar-refractivity contribution >= 4 is 23.4 Å². The van der Waals surface area contributed by atoms with Crippen molar-refractivity contribution in [1.82, 2.24) is 0 Å². The number of aryl methyl sites for hydroxylation is 1. The fraction of sp³-hybridized carbons (Fsp3) is 0.0588. The summed E-state index contributed by atoms with van der Waals surface area (Å²) in [4.78, 5) is 22.2. The summed E-state index contributed by atoms with van der Waals surface area (Å²) in [7, 11) is 0. The Labute approximate surface area is 137 Å². The molecule has 7 nitrogen and oxygen atoms in total. The van der Waals surface area contributed by atoms with Crippen LogP contribution in [0.2, 0.25) is 0 Å². The third-order valence-corrected chi connectivity index (χ3v) is 3.15. The van der Waals surface area contributed by atoms with Gasteiger partial charge in [-0.3, -0.25) is 14.9 Å². The molecule has 0 aliphatic heterocycles. The summed E-state index contributed by atoms with van der Waals surface area (Å²) < 4.78 is 0. The van der Waals surface area contributed by atoms with E-state index in [9.17, 15) is 20.0 Å². The lowest BCUT2D eigenvalue weighted by Crippen LogP contribution is -2.13. The molecule has 0 atom stereocenters. The lowest BCUT2D eigenvalue weighted by molar-refractivity contribution is -0.385. The van der Waals surface area contributed by atoms with Crippen LogP contribution in [0, 0.1) is 28.4 Å². The molecule has 0 unspecified atom stereocenters. The van der Waals surface area contributed by atoms with Gasteiger partial charge in [-0.05, 0) is 42.3 Å². The number of nitro benzene ring substituents is 1. The number of nitrogens with zero attached hydrogens (tertiary/aromatic N) is 2. The molecule has 0 spiro atoms. The van der Waals surface area contributed by atoms with Crippen LogP contribution < -0.4 is 5.32 Å². The van der Waals surface area contributed by atoms with E-state index in [0.29, 0.717) is 5.69 Å². The number of nitriles is 1. The van der Waals surface area contributed by atoms with Crippen LogP contribution in [0.1, 0.15) is 11.1 Å². The monoisotopic (exact) mass is 323 g/mol. The Hall–Kier alpha value is -3.66. The summed E-state index contributed by atoms with van der Waals surface area (Å²) in [5.41, 5.74) is 1.04. The smallest absolute Gasteiger partial charge is 0.311 e. The molecule has 0 aromatic heterocycles. The first-order valence-corrected chi connectivity index (χ1v) is 6.88. The first-order valence-electron chi connectivity index (χ1n) is 6.88. The average Bonchev–Trinajstić information content (AvgIpc) is 2.53. The molecule has 0 aliphatic rings. The Balaban J connectivity index is 2.29. The van der Waals surface area contributed by atoms with Gasteiger partial charge in [-0.15, -0.1) is 0 Å². The van der Waals surface area contributed by atoms with Crippen molar-refractivity contribution in [2.45, 2.75) is 6.92 Å².